The van der Waals surface area contributed by atoms with E-state index in [1.807, 2.05) is 59.7 Å². The van der Waals surface area contributed by atoms with E-state index in [9.17, 15) is 9.90 Å². The van der Waals surface area contributed by atoms with E-state index in [-0.39, 0.29) is 22.7 Å². The number of Topliss-reactive ketones (excluding diaryl/α,β-unsaturated/α-hetero) is 1. The fourth-order valence-electron chi connectivity index (χ4n) is 1.76. The van der Waals surface area contributed by atoms with E-state index in [2.05, 4.69) is 10.2 Å². The Morgan fingerprint density at radius 1 is 1.05 bits per heavy atom. The van der Waals surface area contributed by atoms with Crippen LogP contribution in [-0.2, 0) is 4.79 Å². The van der Waals surface area contributed by atoms with Crippen LogP contribution in [0.4, 0.5) is 5.69 Å². The first kappa shape index (κ1) is 18.1. The smallest absolute Gasteiger partial charge is 0.187 e. The zero-order valence-corrected chi connectivity index (χ0v) is 14.3. The number of nitrogens with zero attached hydrogens (tertiary/aromatic N) is 2. The van der Waals surface area contributed by atoms with Gasteiger partial charge in [-0.15, -0.1) is 5.11 Å². The van der Waals surface area contributed by atoms with Gasteiger partial charge < -0.3 is 5.11 Å². The van der Waals surface area contributed by atoms with E-state index in [1.54, 1.807) is 12.1 Å². The van der Waals surface area contributed by atoms with Gasteiger partial charge in [0.05, 0.1) is 5.69 Å². The Hall–Kier alpha value is -1.97. The number of aliphatic hydroxyl groups excluding tert-OH is 1. The molecule has 0 unspecified atom stereocenters. The molecule has 1 N–H and O–H groups in total. The van der Waals surface area contributed by atoms with Crippen molar-refractivity contribution < 1.29 is 9.90 Å². The van der Waals surface area contributed by atoms with Gasteiger partial charge in [0, 0.05) is 11.8 Å². The topological polar surface area (TPSA) is 62.0 Å². The molecule has 0 aliphatic carbocycles. The van der Waals surface area contributed by atoms with Gasteiger partial charge in [-0.2, -0.15) is 5.11 Å². The molecule has 0 aromatic heterocycles. The minimum Gasteiger partial charge on any atom is -0.509 e. The molecule has 0 radical (unpaired) electrons. The Kier molecular flexibility index (Phi) is 5.64. The number of rotatable bonds is 4. The third kappa shape index (κ3) is 5.80. The average molecular weight is 302 g/mol. The summed E-state index contributed by atoms with van der Waals surface area (Å²) in [6.07, 6.45) is 0.302. The lowest BCUT2D eigenvalue weighted by atomic mass is 9.86. The summed E-state index contributed by atoms with van der Waals surface area (Å²) in [5, 5.41) is 18.5. The summed E-state index contributed by atoms with van der Waals surface area (Å²) in [7, 11) is 0. The van der Waals surface area contributed by atoms with Crippen LogP contribution >= 0.6 is 0 Å². The van der Waals surface area contributed by atoms with Crippen LogP contribution < -0.4 is 0 Å². The summed E-state index contributed by atoms with van der Waals surface area (Å²) >= 11 is 0. The standard InChI is InChI=1S/C18H26N2O2/c1-17(2,3)12-14(21)15(16(22)18(4,5)6)20-19-13-10-8-7-9-11-13/h7-11,22H,12H2,1-6H3/b16-15-,20-19?. The molecule has 0 spiro atoms. The second kappa shape index (κ2) is 6.86. The van der Waals surface area contributed by atoms with Gasteiger partial charge >= 0.3 is 0 Å². The van der Waals surface area contributed by atoms with Crippen LogP contribution in [0.3, 0.4) is 0 Å². The summed E-state index contributed by atoms with van der Waals surface area (Å²) < 4.78 is 0. The zero-order chi connectivity index (χ0) is 17.0. The van der Waals surface area contributed by atoms with Crippen LogP contribution in [-0.4, -0.2) is 10.9 Å². The molecular weight excluding hydrogens is 276 g/mol. The lowest BCUT2D eigenvalue weighted by molar-refractivity contribution is -0.117. The van der Waals surface area contributed by atoms with Crippen molar-refractivity contribution in [3.63, 3.8) is 0 Å². The maximum Gasteiger partial charge on any atom is 0.187 e. The second-order valence-corrected chi connectivity index (χ2v) is 7.64. The predicted molar refractivity (Wildman–Crippen MR) is 89.1 cm³/mol. The molecule has 0 fully saturated rings. The third-order valence-electron chi connectivity index (χ3n) is 2.91. The lowest BCUT2D eigenvalue weighted by Gasteiger charge is -2.21. The molecule has 22 heavy (non-hydrogen) atoms. The van der Waals surface area contributed by atoms with Crippen LogP contribution in [0.15, 0.2) is 52.0 Å². The second-order valence-electron chi connectivity index (χ2n) is 7.64. The van der Waals surface area contributed by atoms with Gasteiger partial charge in [-0.25, -0.2) is 0 Å². The Bertz CT molecular complexity index is 573. The Morgan fingerprint density at radius 3 is 2.05 bits per heavy atom. The molecule has 1 aromatic rings. The first-order chi connectivity index (χ1) is 10.0. The normalized spacial score (nSPS) is 14.1. The molecule has 1 aromatic carbocycles. The maximum absolute atomic E-state index is 12.5. The van der Waals surface area contributed by atoms with Gasteiger partial charge in [-0.05, 0) is 17.5 Å². The van der Waals surface area contributed by atoms with Gasteiger partial charge in [0.25, 0.3) is 0 Å². The molecule has 0 amide bonds. The van der Waals surface area contributed by atoms with Crippen molar-refractivity contribution >= 4 is 11.5 Å². The van der Waals surface area contributed by atoms with E-state index >= 15 is 0 Å². The molecule has 0 aliphatic rings. The van der Waals surface area contributed by atoms with Crippen LogP contribution in [0, 0.1) is 10.8 Å². The molecule has 0 saturated carbocycles. The number of hydrogen-bond donors (Lipinski definition) is 1. The van der Waals surface area contributed by atoms with Gasteiger partial charge in [-0.1, -0.05) is 59.7 Å². The van der Waals surface area contributed by atoms with Gasteiger partial charge in [0.15, 0.2) is 11.5 Å². The molecule has 120 valence electrons. The predicted octanol–water partition coefficient (Wildman–Crippen LogP) is 5.59. The van der Waals surface area contributed by atoms with E-state index in [4.69, 9.17) is 0 Å². The highest BCUT2D eigenvalue weighted by Gasteiger charge is 2.27. The Labute approximate surface area is 133 Å². The van der Waals surface area contributed by atoms with Gasteiger partial charge in [-0.3, -0.25) is 4.79 Å². The number of allylic oxidation sites excluding steroid dienone is 2. The first-order valence-corrected chi connectivity index (χ1v) is 7.44. The van der Waals surface area contributed by atoms with Crippen LogP contribution in [0.25, 0.3) is 0 Å². The molecule has 0 aliphatic heterocycles. The Balaban J connectivity index is 3.19. The SMILES string of the molecule is CC(C)(C)CC(=O)/C(N=Nc1ccccc1)=C(/O)C(C)(C)C. The number of azo groups is 1. The van der Waals surface area contributed by atoms with E-state index in [1.165, 1.54) is 0 Å². The van der Waals surface area contributed by atoms with Crippen molar-refractivity contribution in [3.05, 3.63) is 41.8 Å². The van der Waals surface area contributed by atoms with Crippen molar-refractivity contribution in [2.75, 3.05) is 0 Å². The number of hydrogen-bond acceptors (Lipinski definition) is 4. The number of ketones is 1. The lowest BCUT2D eigenvalue weighted by Crippen LogP contribution is -2.19. The van der Waals surface area contributed by atoms with Crippen molar-refractivity contribution in [1.29, 1.82) is 0 Å². The summed E-state index contributed by atoms with van der Waals surface area (Å²) in [6.45, 7) is 11.4. The first-order valence-electron chi connectivity index (χ1n) is 7.44. The van der Waals surface area contributed by atoms with Gasteiger partial charge in [0.2, 0.25) is 0 Å². The third-order valence-corrected chi connectivity index (χ3v) is 2.91. The molecule has 4 nitrogen and oxygen atoms in total. The van der Waals surface area contributed by atoms with Crippen molar-refractivity contribution in [2.24, 2.45) is 21.1 Å². The highest BCUT2D eigenvalue weighted by atomic mass is 16.3. The maximum atomic E-state index is 12.5. The number of carbonyl (C=O) groups excluding carboxylic acids is 1. The van der Waals surface area contributed by atoms with Crippen molar-refractivity contribution in [1.82, 2.24) is 0 Å². The molecule has 0 atom stereocenters. The van der Waals surface area contributed by atoms with Crippen molar-refractivity contribution in [2.45, 2.75) is 48.0 Å². The molecule has 4 heteroatoms. The number of aliphatic hydroxyl groups is 1. The largest absolute Gasteiger partial charge is 0.509 e. The fourth-order valence-corrected chi connectivity index (χ4v) is 1.76. The Morgan fingerprint density at radius 2 is 1.59 bits per heavy atom. The molecule has 0 bridgehead atoms. The summed E-state index contributed by atoms with van der Waals surface area (Å²) in [5.74, 6) is -0.221. The number of benzene rings is 1. The summed E-state index contributed by atoms with van der Waals surface area (Å²) in [5.41, 5.74) is -0.0435. The van der Waals surface area contributed by atoms with E-state index in [0.29, 0.717) is 12.1 Å². The van der Waals surface area contributed by atoms with E-state index in [0.717, 1.165) is 0 Å². The molecule has 1 rings (SSSR count). The fraction of sp³-hybridized carbons (Fsp3) is 0.500. The van der Waals surface area contributed by atoms with Crippen molar-refractivity contribution in [3.8, 4) is 0 Å². The summed E-state index contributed by atoms with van der Waals surface area (Å²) in [6, 6.07) is 9.16. The molecule has 0 heterocycles. The van der Waals surface area contributed by atoms with Gasteiger partial charge in [0.1, 0.15) is 5.76 Å². The summed E-state index contributed by atoms with van der Waals surface area (Å²) in [4.78, 5) is 12.5. The molecular formula is C18H26N2O2. The zero-order valence-electron chi connectivity index (χ0n) is 14.3. The highest BCUT2D eigenvalue weighted by Crippen LogP contribution is 2.30. The van der Waals surface area contributed by atoms with Crippen LogP contribution in [0.2, 0.25) is 0 Å². The number of carbonyl (C=O) groups is 1. The average Bonchev–Trinajstić information content (AvgIpc) is 2.36. The van der Waals surface area contributed by atoms with E-state index < -0.39 is 5.41 Å². The monoisotopic (exact) mass is 302 g/mol. The van der Waals surface area contributed by atoms with Crippen LogP contribution in [0.5, 0.6) is 0 Å². The molecule has 0 saturated heterocycles. The van der Waals surface area contributed by atoms with Crippen LogP contribution in [0.1, 0.15) is 48.0 Å². The minimum atomic E-state index is -0.557. The quantitative estimate of drug-likeness (QED) is 0.447. The highest BCUT2D eigenvalue weighted by molar-refractivity contribution is 5.95. The minimum absolute atomic E-state index is 0.0265.